The van der Waals surface area contributed by atoms with Crippen molar-refractivity contribution in [2.45, 2.75) is 56.3 Å². The van der Waals surface area contributed by atoms with E-state index in [1.165, 1.54) is 0 Å². The summed E-state index contributed by atoms with van der Waals surface area (Å²) in [6.07, 6.45) is -1.03. The molecule has 0 aromatic rings. The van der Waals surface area contributed by atoms with Gasteiger partial charge in [-0.25, -0.2) is 0 Å². The highest BCUT2D eigenvalue weighted by molar-refractivity contribution is 9.09. The van der Waals surface area contributed by atoms with Crippen LogP contribution in [-0.4, -0.2) is 51.5 Å². The molecule has 0 aromatic carbocycles. The Morgan fingerprint density at radius 2 is 2.11 bits per heavy atom. The number of hydrogen-bond donors (Lipinski definition) is 2. The topological polar surface area (TPSA) is 68.2 Å². The summed E-state index contributed by atoms with van der Waals surface area (Å²) in [5.74, 6) is -0.797. The van der Waals surface area contributed by atoms with Crippen LogP contribution in [0.15, 0.2) is 12.7 Å². The molecule has 2 aliphatic heterocycles. The molecule has 2 heterocycles. The molecule has 2 fully saturated rings. The molecule has 6 heteroatoms. The first-order valence-electron chi connectivity index (χ1n) is 5.92. The maximum absolute atomic E-state index is 10.8. The molecule has 0 aliphatic carbocycles. The fourth-order valence-corrected chi connectivity index (χ4v) is 2.90. The van der Waals surface area contributed by atoms with Gasteiger partial charge in [-0.15, -0.1) is 6.58 Å². The van der Waals surface area contributed by atoms with Gasteiger partial charge in [0, 0.05) is 5.33 Å². The number of aliphatic hydroxyl groups excluding tert-OH is 1. The Labute approximate surface area is 115 Å². The number of ether oxygens (including phenoxy) is 3. The molecule has 0 unspecified atom stereocenters. The van der Waals surface area contributed by atoms with E-state index in [4.69, 9.17) is 14.2 Å². The molecule has 18 heavy (non-hydrogen) atoms. The van der Waals surface area contributed by atoms with Crippen LogP contribution in [0.3, 0.4) is 0 Å². The number of hydrogen-bond acceptors (Lipinski definition) is 5. The molecule has 2 aliphatic rings. The van der Waals surface area contributed by atoms with E-state index >= 15 is 0 Å². The van der Waals surface area contributed by atoms with Gasteiger partial charge in [0.1, 0.15) is 17.8 Å². The van der Waals surface area contributed by atoms with Gasteiger partial charge in [0.05, 0.1) is 6.10 Å². The van der Waals surface area contributed by atoms with Crippen LogP contribution >= 0.6 is 15.9 Å². The monoisotopic (exact) mass is 322 g/mol. The van der Waals surface area contributed by atoms with Gasteiger partial charge in [-0.2, -0.15) is 0 Å². The van der Waals surface area contributed by atoms with Crippen LogP contribution in [0.1, 0.15) is 20.3 Å². The van der Waals surface area contributed by atoms with Gasteiger partial charge in [0.25, 0.3) is 0 Å². The molecule has 0 saturated carbocycles. The number of rotatable bonds is 4. The van der Waals surface area contributed by atoms with Gasteiger partial charge in [0.15, 0.2) is 12.1 Å². The lowest BCUT2D eigenvalue weighted by atomic mass is 9.86. The average Bonchev–Trinajstić information content (AvgIpc) is 2.72. The third kappa shape index (κ3) is 2.26. The molecule has 2 N–H and O–H groups in total. The fraction of sp³-hybridized carbons (Fsp3) is 0.833. The highest BCUT2D eigenvalue weighted by Gasteiger charge is 2.63. The second-order valence-electron chi connectivity index (χ2n) is 5.19. The summed E-state index contributed by atoms with van der Waals surface area (Å²) in [7, 11) is 0. The number of halogens is 1. The summed E-state index contributed by atoms with van der Waals surface area (Å²) in [4.78, 5) is 0. The highest BCUT2D eigenvalue weighted by Crippen LogP contribution is 2.45. The number of fused-ring (bicyclic) bond motifs is 1. The van der Waals surface area contributed by atoms with E-state index in [1.807, 2.05) is 0 Å². The minimum Gasteiger partial charge on any atom is -0.389 e. The van der Waals surface area contributed by atoms with Crippen molar-refractivity contribution in [3.05, 3.63) is 12.7 Å². The summed E-state index contributed by atoms with van der Waals surface area (Å²) in [5, 5.41) is 21.0. The van der Waals surface area contributed by atoms with Crippen LogP contribution in [-0.2, 0) is 14.2 Å². The van der Waals surface area contributed by atoms with Crippen LogP contribution in [0.25, 0.3) is 0 Å². The average molecular weight is 323 g/mol. The first-order valence-corrected chi connectivity index (χ1v) is 7.04. The van der Waals surface area contributed by atoms with E-state index in [2.05, 4.69) is 22.5 Å². The molecule has 2 saturated heterocycles. The number of alkyl halides is 1. The third-order valence-corrected chi connectivity index (χ3v) is 3.97. The molecule has 0 aromatic heterocycles. The molecule has 2 rings (SSSR count). The van der Waals surface area contributed by atoms with Gasteiger partial charge in [-0.3, -0.25) is 0 Å². The quantitative estimate of drug-likeness (QED) is 0.595. The Balaban J connectivity index is 2.25. The Bertz CT molecular complexity index is 334. The summed E-state index contributed by atoms with van der Waals surface area (Å²) in [5.41, 5.74) is -1.33. The van der Waals surface area contributed by atoms with Crippen molar-refractivity contribution in [1.29, 1.82) is 0 Å². The maximum Gasteiger partial charge on any atom is 0.190 e. The van der Waals surface area contributed by atoms with Crippen LogP contribution in [0, 0.1) is 0 Å². The summed E-state index contributed by atoms with van der Waals surface area (Å²) < 4.78 is 16.9. The van der Waals surface area contributed by atoms with E-state index in [0.717, 1.165) is 0 Å². The molecular weight excluding hydrogens is 304 g/mol. The van der Waals surface area contributed by atoms with Crippen molar-refractivity contribution in [2.75, 3.05) is 5.33 Å². The van der Waals surface area contributed by atoms with E-state index in [9.17, 15) is 10.2 Å². The molecule has 5 nitrogen and oxygen atoms in total. The molecule has 0 amide bonds. The largest absolute Gasteiger partial charge is 0.389 e. The van der Waals surface area contributed by atoms with Gasteiger partial charge < -0.3 is 24.4 Å². The van der Waals surface area contributed by atoms with Gasteiger partial charge in [-0.1, -0.05) is 22.0 Å². The van der Waals surface area contributed by atoms with Crippen LogP contribution in [0.4, 0.5) is 0 Å². The van der Waals surface area contributed by atoms with Crippen molar-refractivity contribution in [3.63, 3.8) is 0 Å². The Hall–Kier alpha value is 0.0200. The van der Waals surface area contributed by atoms with Crippen molar-refractivity contribution in [2.24, 2.45) is 0 Å². The van der Waals surface area contributed by atoms with Gasteiger partial charge in [0.2, 0.25) is 0 Å². The lowest BCUT2D eigenvalue weighted by molar-refractivity contribution is -0.239. The highest BCUT2D eigenvalue weighted by atomic mass is 79.9. The smallest absolute Gasteiger partial charge is 0.190 e. The zero-order valence-corrected chi connectivity index (χ0v) is 12.1. The summed E-state index contributed by atoms with van der Waals surface area (Å²) in [6, 6.07) is 0. The third-order valence-electron chi connectivity index (χ3n) is 3.30. The van der Waals surface area contributed by atoms with Crippen LogP contribution < -0.4 is 0 Å². The molecule has 0 radical (unpaired) electrons. The van der Waals surface area contributed by atoms with E-state index in [1.54, 1.807) is 19.9 Å². The molecule has 104 valence electrons. The van der Waals surface area contributed by atoms with Crippen LogP contribution in [0.5, 0.6) is 0 Å². The Morgan fingerprint density at radius 1 is 1.44 bits per heavy atom. The van der Waals surface area contributed by atoms with Crippen molar-refractivity contribution in [1.82, 2.24) is 0 Å². The Morgan fingerprint density at radius 3 is 2.67 bits per heavy atom. The predicted octanol–water partition coefficient (Wildman–Crippen LogP) is 0.926. The predicted molar refractivity (Wildman–Crippen MR) is 68.3 cm³/mol. The number of aliphatic hydroxyl groups is 2. The SMILES string of the molecule is C=CC[C@]1(O)[C@@H]([C@H](O)CBr)O[C@@H]2OC(C)(C)O[C@@H]21. The summed E-state index contributed by atoms with van der Waals surface area (Å²) >= 11 is 3.18. The van der Waals surface area contributed by atoms with E-state index < -0.39 is 36.0 Å². The zero-order chi connectivity index (χ0) is 13.6. The first kappa shape index (κ1) is 14.4. The second kappa shape index (κ2) is 4.85. The van der Waals surface area contributed by atoms with E-state index in [0.29, 0.717) is 5.33 Å². The van der Waals surface area contributed by atoms with Gasteiger partial charge in [-0.05, 0) is 20.3 Å². The fourth-order valence-electron chi connectivity index (χ4n) is 2.56. The minimum absolute atomic E-state index is 0.266. The lowest BCUT2D eigenvalue weighted by Crippen LogP contribution is -2.53. The summed E-state index contributed by atoms with van der Waals surface area (Å²) in [6.45, 7) is 7.16. The molecule has 5 atom stereocenters. The molecule has 0 bridgehead atoms. The lowest BCUT2D eigenvalue weighted by Gasteiger charge is -2.34. The van der Waals surface area contributed by atoms with Crippen molar-refractivity contribution >= 4 is 15.9 Å². The van der Waals surface area contributed by atoms with E-state index in [-0.39, 0.29) is 6.42 Å². The Kier molecular flexibility index (Phi) is 3.89. The normalized spacial score (nSPS) is 43.7. The maximum atomic E-state index is 10.8. The van der Waals surface area contributed by atoms with Crippen LogP contribution in [0.2, 0.25) is 0 Å². The molecule has 0 spiro atoms. The van der Waals surface area contributed by atoms with Crippen molar-refractivity contribution < 1.29 is 24.4 Å². The minimum atomic E-state index is -1.33. The standard InChI is InChI=1S/C12H19BrO5/c1-4-5-12(15)8(7(14)6-13)16-10-9(12)17-11(2,3)18-10/h4,7-10,14-15H,1,5-6H2,2-3H3/t7-,8-,9+,10-,12+/m1/s1. The van der Waals surface area contributed by atoms with Gasteiger partial charge >= 0.3 is 0 Å². The first-order chi connectivity index (χ1) is 8.34. The zero-order valence-electron chi connectivity index (χ0n) is 10.5. The second-order valence-corrected chi connectivity index (χ2v) is 5.83. The molecular formula is C12H19BrO5. The van der Waals surface area contributed by atoms with Crippen molar-refractivity contribution in [3.8, 4) is 0 Å².